The molecular weight excluding hydrogens is 152 g/mol. The summed E-state index contributed by atoms with van der Waals surface area (Å²) in [6, 6.07) is 4.86. The van der Waals surface area contributed by atoms with Crippen LogP contribution in [0.3, 0.4) is 0 Å². The molecule has 0 aliphatic heterocycles. The summed E-state index contributed by atoms with van der Waals surface area (Å²) in [6.07, 6.45) is 1.71. The monoisotopic (exact) mass is 165 g/mol. The van der Waals surface area contributed by atoms with E-state index in [1.807, 2.05) is 14.0 Å². The largest absolute Gasteiger partial charge is 0.377 e. The lowest BCUT2D eigenvalue weighted by Gasteiger charge is -2.06. The molecular formula is C9H13N2O. The van der Waals surface area contributed by atoms with E-state index in [-0.39, 0.29) is 0 Å². The Labute approximate surface area is 72.8 Å². The molecule has 0 aromatic carbocycles. The molecule has 1 aromatic heterocycles. The van der Waals surface area contributed by atoms with Crippen molar-refractivity contribution >= 4 is 5.82 Å². The molecule has 1 rings (SSSR count). The molecule has 0 unspecified atom stereocenters. The minimum atomic E-state index is 0.570. The van der Waals surface area contributed by atoms with Crippen molar-refractivity contribution in [3.05, 3.63) is 23.9 Å². The second-order valence-corrected chi connectivity index (χ2v) is 2.30. The van der Waals surface area contributed by atoms with Gasteiger partial charge >= 0.3 is 0 Å². The van der Waals surface area contributed by atoms with Gasteiger partial charge in [0.25, 0.3) is 0 Å². The highest BCUT2D eigenvalue weighted by Gasteiger charge is 1.99. The third kappa shape index (κ3) is 2.20. The summed E-state index contributed by atoms with van der Waals surface area (Å²) in [4.78, 5) is 4.13. The average Bonchev–Trinajstić information content (AvgIpc) is 2.15. The Kier molecular flexibility index (Phi) is 3.54. The lowest BCUT2D eigenvalue weighted by atomic mass is 10.3. The number of hydrogen-bond acceptors (Lipinski definition) is 3. The number of hydrogen-bond donors (Lipinski definition) is 1. The van der Waals surface area contributed by atoms with E-state index in [0.717, 1.165) is 11.4 Å². The van der Waals surface area contributed by atoms with Gasteiger partial charge in [0.15, 0.2) is 0 Å². The number of pyridine rings is 1. The molecule has 0 atom stereocenters. The van der Waals surface area contributed by atoms with Gasteiger partial charge in [0.1, 0.15) is 5.82 Å². The molecule has 1 heterocycles. The summed E-state index contributed by atoms with van der Waals surface area (Å²) < 4.78 is 5.25. The van der Waals surface area contributed by atoms with Gasteiger partial charge in [0, 0.05) is 25.4 Å². The highest BCUT2D eigenvalue weighted by molar-refractivity contribution is 5.41. The van der Waals surface area contributed by atoms with Gasteiger partial charge in [-0.2, -0.15) is 0 Å². The van der Waals surface area contributed by atoms with Crippen molar-refractivity contribution in [2.24, 2.45) is 0 Å². The molecule has 0 bridgehead atoms. The number of ether oxygens (including phenoxy) is 1. The van der Waals surface area contributed by atoms with Crippen LogP contribution in [0.2, 0.25) is 0 Å². The van der Waals surface area contributed by atoms with Gasteiger partial charge in [-0.3, -0.25) is 0 Å². The van der Waals surface area contributed by atoms with Crippen molar-refractivity contribution in [1.29, 1.82) is 0 Å². The highest BCUT2D eigenvalue weighted by Crippen LogP contribution is 2.10. The van der Waals surface area contributed by atoms with E-state index in [1.165, 1.54) is 0 Å². The molecule has 0 fully saturated rings. The molecule has 0 saturated heterocycles. The van der Waals surface area contributed by atoms with Crippen molar-refractivity contribution in [2.75, 3.05) is 19.0 Å². The van der Waals surface area contributed by atoms with E-state index in [2.05, 4.69) is 16.4 Å². The first-order valence-electron chi connectivity index (χ1n) is 3.99. The van der Waals surface area contributed by atoms with Crippen LogP contribution < -0.4 is 5.32 Å². The fourth-order valence-corrected chi connectivity index (χ4v) is 0.926. The topological polar surface area (TPSA) is 34.1 Å². The molecule has 1 N–H and O–H groups in total. The summed E-state index contributed by atoms with van der Waals surface area (Å²) in [7, 11) is 1.84. The van der Waals surface area contributed by atoms with Gasteiger partial charge < -0.3 is 10.1 Å². The molecule has 0 spiro atoms. The first-order chi connectivity index (χ1) is 5.88. The van der Waals surface area contributed by atoms with Gasteiger partial charge in [-0.05, 0) is 19.1 Å². The van der Waals surface area contributed by atoms with E-state index in [1.54, 1.807) is 12.3 Å². The lowest BCUT2D eigenvalue weighted by Crippen LogP contribution is -2.00. The minimum Gasteiger partial charge on any atom is -0.377 e. The molecule has 0 saturated carbocycles. The summed E-state index contributed by atoms with van der Waals surface area (Å²) in [5, 5.41) is 2.98. The highest BCUT2D eigenvalue weighted by atomic mass is 16.5. The number of anilines is 1. The first kappa shape index (κ1) is 9.00. The quantitative estimate of drug-likeness (QED) is 0.733. The SMILES string of the molecule is CCOCc1[c]ccnc1NC. The molecule has 0 aliphatic carbocycles. The average molecular weight is 165 g/mol. The van der Waals surface area contributed by atoms with Gasteiger partial charge in [-0.15, -0.1) is 0 Å². The van der Waals surface area contributed by atoms with E-state index in [9.17, 15) is 0 Å². The summed E-state index contributed by atoms with van der Waals surface area (Å²) in [5.41, 5.74) is 0.974. The molecule has 65 valence electrons. The molecule has 3 nitrogen and oxygen atoms in total. The lowest BCUT2D eigenvalue weighted by molar-refractivity contribution is 0.134. The van der Waals surface area contributed by atoms with Gasteiger partial charge in [0.2, 0.25) is 0 Å². The van der Waals surface area contributed by atoms with E-state index >= 15 is 0 Å². The van der Waals surface area contributed by atoms with E-state index in [0.29, 0.717) is 13.2 Å². The van der Waals surface area contributed by atoms with Crippen molar-refractivity contribution in [3.63, 3.8) is 0 Å². The maximum Gasteiger partial charge on any atom is 0.131 e. The molecule has 0 aliphatic rings. The Morgan fingerprint density at radius 3 is 3.17 bits per heavy atom. The summed E-state index contributed by atoms with van der Waals surface area (Å²) in [6.45, 7) is 3.25. The second kappa shape index (κ2) is 4.72. The van der Waals surface area contributed by atoms with Crippen molar-refractivity contribution in [3.8, 4) is 0 Å². The van der Waals surface area contributed by atoms with Crippen LogP contribution in [0.25, 0.3) is 0 Å². The number of nitrogens with zero attached hydrogens (tertiary/aromatic N) is 1. The number of rotatable bonds is 4. The maximum atomic E-state index is 5.25. The Morgan fingerprint density at radius 2 is 2.50 bits per heavy atom. The zero-order valence-corrected chi connectivity index (χ0v) is 7.42. The molecule has 0 amide bonds. The van der Waals surface area contributed by atoms with Gasteiger partial charge in [-0.1, -0.05) is 0 Å². The fourth-order valence-electron chi connectivity index (χ4n) is 0.926. The predicted octanol–water partition coefficient (Wildman–Crippen LogP) is 1.46. The Morgan fingerprint density at radius 1 is 1.67 bits per heavy atom. The molecule has 1 radical (unpaired) electrons. The zero-order valence-electron chi connectivity index (χ0n) is 7.42. The van der Waals surface area contributed by atoms with Crippen LogP contribution in [0, 0.1) is 6.07 Å². The number of nitrogens with one attached hydrogen (secondary N) is 1. The maximum absolute atomic E-state index is 5.25. The zero-order chi connectivity index (χ0) is 8.81. The van der Waals surface area contributed by atoms with Crippen LogP contribution in [-0.4, -0.2) is 18.6 Å². The molecule has 3 heteroatoms. The van der Waals surface area contributed by atoms with Crippen LogP contribution in [-0.2, 0) is 11.3 Å². The number of aromatic nitrogens is 1. The van der Waals surface area contributed by atoms with Crippen molar-refractivity contribution in [1.82, 2.24) is 4.98 Å². The van der Waals surface area contributed by atoms with Crippen molar-refractivity contribution in [2.45, 2.75) is 13.5 Å². The summed E-state index contributed by atoms with van der Waals surface area (Å²) in [5.74, 6) is 0.839. The van der Waals surface area contributed by atoms with Crippen LogP contribution in [0.15, 0.2) is 12.3 Å². The third-order valence-corrected chi connectivity index (χ3v) is 1.51. The first-order valence-corrected chi connectivity index (χ1v) is 3.99. The van der Waals surface area contributed by atoms with E-state index < -0.39 is 0 Å². The van der Waals surface area contributed by atoms with Gasteiger partial charge in [-0.25, -0.2) is 4.98 Å². The van der Waals surface area contributed by atoms with Crippen LogP contribution >= 0.6 is 0 Å². The smallest absolute Gasteiger partial charge is 0.131 e. The standard InChI is InChI=1S/C9H13N2O/c1-3-12-7-8-5-4-6-11-9(8)10-2/h4,6H,3,7H2,1-2H3,(H,10,11). The Balaban J connectivity index is 2.68. The van der Waals surface area contributed by atoms with Crippen LogP contribution in [0.4, 0.5) is 5.82 Å². The summed E-state index contributed by atoms with van der Waals surface area (Å²) >= 11 is 0. The van der Waals surface area contributed by atoms with Crippen molar-refractivity contribution < 1.29 is 4.74 Å². The predicted molar refractivity (Wildman–Crippen MR) is 47.9 cm³/mol. The normalized spacial score (nSPS) is 9.83. The third-order valence-electron chi connectivity index (χ3n) is 1.51. The minimum absolute atomic E-state index is 0.570. The van der Waals surface area contributed by atoms with E-state index in [4.69, 9.17) is 4.74 Å². The fraction of sp³-hybridized carbons (Fsp3) is 0.444. The van der Waals surface area contributed by atoms with Gasteiger partial charge in [0.05, 0.1) is 6.61 Å². The van der Waals surface area contributed by atoms with Crippen LogP contribution in [0.5, 0.6) is 0 Å². The molecule has 1 aromatic rings. The Hall–Kier alpha value is -1.09. The van der Waals surface area contributed by atoms with Crippen LogP contribution in [0.1, 0.15) is 12.5 Å². The second-order valence-electron chi connectivity index (χ2n) is 2.30. The Bertz CT molecular complexity index is 238. The molecule has 12 heavy (non-hydrogen) atoms.